The second-order valence-corrected chi connectivity index (χ2v) is 5.75. The van der Waals surface area contributed by atoms with Crippen molar-refractivity contribution in [3.05, 3.63) is 64.1 Å². The minimum Gasteiger partial charge on any atom is -0.472 e. The fourth-order valence-corrected chi connectivity index (χ4v) is 2.84. The van der Waals surface area contributed by atoms with Crippen LogP contribution in [0.3, 0.4) is 0 Å². The van der Waals surface area contributed by atoms with Crippen LogP contribution in [0.2, 0.25) is 0 Å². The SMILES string of the molecule is O=C(Cc1ccccc1[N+](=O)[O-])N1CCN(C(=O)c2ccoc2)CC1. The number of carbonyl (C=O) groups is 2. The molecule has 0 saturated carbocycles. The largest absolute Gasteiger partial charge is 0.472 e. The van der Waals surface area contributed by atoms with Crippen LogP contribution < -0.4 is 0 Å². The number of hydrogen-bond acceptors (Lipinski definition) is 5. The average Bonchev–Trinajstić information content (AvgIpc) is 3.16. The maximum absolute atomic E-state index is 12.4. The zero-order valence-electron chi connectivity index (χ0n) is 13.5. The van der Waals surface area contributed by atoms with E-state index in [1.807, 2.05) is 0 Å². The third-order valence-corrected chi connectivity index (χ3v) is 4.22. The van der Waals surface area contributed by atoms with Crippen molar-refractivity contribution in [2.75, 3.05) is 26.2 Å². The third kappa shape index (κ3) is 3.68. The van der Waals surface area contributed by atoms with Crippen molar-refractivity contribution in [1.29, 1.82) is 0 Å². The van der Waals surface area contributed by atoms with Gasteiger partial charge in [-0.15, -0.1) is 0 Å². The second-order valence-electron chi connectivity index (χ2n) is 5.75. The van der Waals surface area contributed by atoms with Crippen LogP contribution in [0.1, 0.15) is 15.9 Å². The van der Waals surface area contributed by atoms with Gasteiger partial charge in [0.25, 0.3) is 11.6 Å². The van der Waals surface area contributed by atoms with Gasteiger partial charge in [-0.25, -0.2) is 0 Å². The molecule has 8 nitrogen and oxygen atoms in total. The highest BCUT2D eigenvalue weighted by Gasteiger charge is 2.26. The van der Waals surface area contributed by atoms with Crippen LogP contribution in [0.15, 0.2) is 47.3 Å². The Morgan fingerprint density at radius 1 is 1.08 bits per heavy atom. The number of hydrogen-bond donors (Lipinski definition) is 0. The number of rotatable bonds is 4. The predicted molar refractivity (Wildman–Crippen MR) is 88.0 cm³/mol. The molecule has 25 heavy (non-hydrogen) atoms. The van der Waals surface area contributed by atoms with E-state index in [0.29, 0.717) is 37.3 Å². The molecule has 0 bridgehead atoms. The summed E-state index contributed by atoms with van der Waals surface area (Å²) in [4.78, 5) is 38.5. The van der Waals surface area contributed by atoms with Crippen LogP contribution in [-0.2, 0) is 11.2 Å². The van der Waals surface area contributed by atoms with Gasteiger partial charge in [-0.2, -0.15) is 0 Å². The molecule has 0 N–H and O–H groups in total. The summed E-state index contributed by atoms with van der Waals surface area (Å²) in [5.74, 6) is -0.302. The third-order valence-electron chi connectivity index (χ3n) is 4.22. The van der Waals surface area contributed by atoms with Crippen LogP contribution in [0.4, 0.5) is 5.69 Å². The molecule has 8 heteroatoms. The monoisotopic (exact) mass is 343 g/mol. The van der Waals surface area contributed by atoms with Crippen molar-refractivity contribution in [2.24, 2.45) is 0 Å². The summed E-state index contributed by atoms with van der Waals surface area (Å²) in [6, 6.07) is 7.84. The summed E-state index contributed by atoms with van der Waals surface area (Å²) in [5.41, 5.74) is 0.832. The number of furan rings is 1. The van der Waals surface area contributed by atoms with Crippen molar-refractivity contribution in [2.45, 2.75) is 6.42 Å². The summed E-state index contributed by atoms with van der Waals surface area (Å²) in [6.07, 6.45) is 2.82. The number of nitro groups is 1. The first-order valence-corrected chi connectivity index (χ1v) is 7.88. The predicted octanol–water partition coefficient (Wildman–Crippen LogP) is 1.71. The van der Waals surface area contributed by atoms with E-state index in [1.165, 1.54) is 18.6 Å². The van der Waals surface area contributed by atoms with Crippen molar-refractivity contribution in [3.63, 3.8) is 0 Å². The first kappa shape index (κ1) is 16.7. The molecule has 1 fully saturated rings. The van der Waals surface area contributed by atoms with Gasteiger partial charge >= 0.3 is 0 Å². The molecule has 1 aliphatic rings. The van der Waals surface area contributed by atoms with Gasteiger partial charge in [0, 0.05) is 37.8 Å². The molecule has 0 radical (unpaired) electrons. The van der Waals surface area contributed by atoms with Gasteiger partial charge in [0.1, 0.15) is 6.26 Å². The Hall–Kier alpha value is -3.16. The number of benzene rings is 1. The Morgan fingerprint density at radius 2 is 1.76 bits per heavy atom. The van der Waals surface area contributed by atoms with Gasteiger partial charge in [-0.05, 0) is 6.07 Å². The minimum absolute atomic E-state index is 0.0210. The Morgan fingerprint density at radius 3 is 2.40 bits per heavy atom. The van der Waals surface area contributed by atoms with E-state index in [1.54, 1.807) is 34.1 Å². The highest BCUT2D eigenvalue weighted by molar-refractivity contribution is 5.94. The second kappa shape index (κ2) is 7.16. The smallest absolute Gasteiger partial charge is 0.273 e. The Kier molecular flexibility index (Phi) is 4.78. The van der Waals surface area contributed by atoms with Crippen LogP contribution >= 0.6 is 0 Å². The first-order valence-electron chi connectivity index (χ1n) is 7.88. The quantitative estimate of drug-likeness (QED) is 0.622. The van der Waals surface area contributed by atoms with Gasteiger partial charge in [0.2, 0.25) is 5.91 Å². The normalized spacial score (nSPS) is 14.4. The fraction of sp³-hybridized carbons (Fsp3) is 0.294. The van der Waals surface area contributed by atoms with E-state index in [0.717, 1.165) is 0 Å². The standard InChI is InChI=1S/C17H17N3O5/c21-16(11-13-3-1-2-4-15(13)20(23)24)18-6-8-19(9-7-18)17(22)14-5-10-25-12-14/h1-5,10,12H,6-9,11H2. The molecule has 2 amide bonds. The zero-order chi connectivity index (χ0) is 17.8. The molecule has 0 unspecified atom stereocenters. The molecule has 1 aliphatic heterocycles. The van der Waals surface area contributed by atoms with Crippen LogP contribution in [0, 0.1) is 10.1 Å². The van der Waals surface area contributed by atoms with Crippen molar-refractivity contribution < 1.29 is 18.9 Å². The van der Waals surface area contributed by atoms with E-state index in [-0.39, 0.29) is 23.9 Å². The number of carbonyl (C=O) groups excluding carboxylic acids is 2. The van der Waals surface area contributed by atoms with Crippen LogP contribution in [0.5, 0.6) is 0 Å². The Labute approximate surface area is 143 Å². The van der Waals surface area contributed by atoms with E-state index in [4.69, 9.17) is 4.42 Å². The molecule has 2 aromatic rings. The Balaban J connectivity index is 1.59. The van der Waals surface area contributed by atoms with E-state index in [2.05, 4.69) is 0 Å². The number of nitrogens with zero attached hydrogens (tertiary/aromatic N) is 3. The molecule has 0 aliphatic carbocycles. The first-order chi connectivity index (χ1) is 12.1. The fourth-order valence-electron chi connectivity index (χ4n) is 2.84. The van der Waals surface area contributed by atoms with Crippen LogP contribution in [0.25, 0.3) is 0 Å². The lowest BCUT2D eigenvalue weighted by molar-refractivity contribution is -0.385. The van der Waals surface area contributed by atoms with Gasteiger partial charge in [-0.3, -0.25) is 19.7 Å². The summed E-state index contributed by atoms with van der Waals surface area (Å²) in [5, 5.41) is 11.0. The molecule has 0 atom stereocenters. The lowest BCUT2D eigenvalue weighted by Gasteiger charge is -2.34. The van der Waals surface area contributed by atoms with Gasteiger partial charge in [0.05, 0.1) is 23.2 Å². The average molecular weight is 343 g/mol. The van der Waals surface area contributed by atoms with Crippen molar-refractivity contribution in [3.8, 4) is 0 Å². The van der Waals surface area contributed by atoms with Gasteiger partial charge < -0.3 is 14.2 Å². The van der Waals surface area contributed by atoms with Gasteiger partial charge in [-0.1, -0.05) is 18.2 Å². The van der Waals surface area contributed by atoms with Gasteiger partial charge in [0.15, 0.2) is 0 Å². The lowest BCUT2D eigenvalue weighted by Crippen LogP contribution is -2.50. The summed E-state index contributed by atoms with van der Waals surface area (Å²) in [6.45, 7) is 1.66. The maximum atomic E-state index is 12.4. The minimum atomic E-state index is -0.482. The molecule has 1 saturated heterocycles. The molecule has 0 spiro atoms. The maximum Gasteiger partial charge on any atom is 0.273 e. The molecular formula is C17H17N3O5. The van der Waals surface area contributed by atoms with E-state index >= 15 is 0 Å². The summed E-state index contributed by atoms with van der Waals surface area (Å²) >= 11 is 0. The zero-order valence-corrected chi connectivity index (χ0v) is 13.5. The number of nitro benzene ring substituents is 1. The van der Waals surface area contributed by atoms with Crippen LogP contribution in [-0.4, -0.2) is 52.7 Å². The highest BCUT2D eigenvalue weighted by atomic mass is 16.6. The molecular weight excluding hydrogens is 326 g/mol. The molecule has 3 rings (SSSR count). The molecule has 130 valence electrons. The number of piperazine rings is 1. The van der Waals surface area contributed by atoms with E-state index in [9.17, 15) is 19.7 Å². The summed E-state index contributed by atoms with van der Waals surface area (Å²) in [7, 11) is 0. The molecule has 1 aromatic carbocycles. The lowest BCUT2D eigenvalue weighted by atomic mass is 10.1. The molecule has 1 aromatic heterocycles. The van der Waals surface area contributed by atoms with E-state index < -0.39 is 4.92 Å². The number of amides is 2. The molecule has 2 heterocycles. The summed E-state index contributed by atoms with van der Waals surface area (Å²) < 4.78 is 4.92. The topological polar surface area (TPSA) is 96.9 Å². The Bertz CT molecular complexity index is 779. The van der Waals surface area contributed by atoms with Crippen molar-refractivity contribution in [1.82, 2.24) is 9.80 Å². The highest BCUT2D eigenvalue weighted by Crippen LogP contribution is 2.19. The van der Waals surface area contributed by atoms with Crippen molar-refractivity contribution >= 4 is 17.5 Å². The number of para-hydroxylation sites is 1.